The van der Waals surface area contributed by atoms with Crippen LogP contribution in [0.15, 0.2) is 30.9 Å². The standard InChI is InChI=1S/C14H14N6O2/c15-7-11-6-12(20(21)22)3-4-14(11)18-5-1-2-13(8-18)19-10-16-9-17-19/h3-4,6,9-10,13H,1-2,5,8H2/t13-/m0/s1. The van der Waals surface area contributed by atoms with Crippen LogP contribution in [-0.4, -0.2) is 32.8 Å². The smallest absolute Gasteiger partial charge is 0.270 e. The van der Waals surface area contributed by atoms with Gasteiger partial charge in [0.25, 0.3) is 5.69 Å². The van der Waals surface area contributed by atoms with Gasteiger partial charge in [-0.1, -0.05) is 0 Å². The molecule has 0 N–H and O–H groups in total. The number of hydrogen-bond acceptors (Lipinski definition) is 6. The zero-order valence-corrected chi connectivity index (χ0v) is 11.8. The fraction of sp³-hybridized carbons (Fsp3) is 0.357. The Kier molecular flexibility index (Phi) is 3.70. The Morgan fingerprint density at radius 1 is 1.45 bits per heavy atom. The van der Waals surface area contributed by atoms with Crippen molar-refractivity contribution in [2.75, 3.05) is 18.0 Å². The van der Waals surface area contributed by atoms with E-state index in [0.29, 0.717) is 12.1 Å². The Balaban J connectivity index is 1.87. The van der Waals surface area contributed by atoms with Gasteiger partial charge < -0.3 is 4.90 Å². The highest BCUT2D eigenvalue weighted by Gasteiger charge is 2.24. The van der Waals surface area contributed by atoms with E-state index in [2.05, 4.69) is 21.1 Å². The second-order valence-corrected chi connectivity index (χ2v) is 5.19. The van der Waals surface area contributed by atoms with E-state index >= 15 is 0 Å². The molecule has 0 spiro atoms. The van der Waals surface area contributed by atoms with Crippen LogP contribution >= 0.6 is 0 Å². The third-order valence-electron chi connectivity index (χ3n) is 3.86. The lowest BCUT2D eigenvalue weighted by atomic mass is 10.0. The second kappa shape index (κ2) is 5.81. The third kappa shape index (κ3) is 2.61. The number of benzene rings is 1. The summed E-state index contributed by atoms with van der Waals surface area (Å²) < 4.78 is 1.82. The van der Waals surface area contributed by atoms with Crippen LogP contribution in [-0.2, 0) is 0 Å². The van der Waals surface area contributed by atoms with E-state index in [1.807, 2.05) is 4.68 Å². The van der Waals surface area contributed by atoms with Crippen molar-refractivity contribution in [3.8, 4) is 6.07 Å². The minimum atomic E-state index is -0.487. The molecule has 8 nitrogen and oxygen atoms in total. The Labute approximate surface area is 126 Å². The molecule has 22 heavy (non-hydrogen) atoms. The molecule has 1 aliphatic heterocycles. The van der Waals surface area contributed by atoms with Crippen molar-refractivity contribution in [3.63, 3.8) is 0 Å². The maximum atomic E-state index is 10.8. The number of nitrogens with zero attached hydrogens (tertiary/aromatic N) is 6. The van der Waals surface area contributed by atoms with Crippen LogP contribution in [0.25, 0.3) is 0 Å². The Bertz CT molecular complexity index is 721. The number of rotatable bonds is 3. The molecule has 0 bridgehead atoms. The Hall–Kier alpha value is -2.95. The molecule has 1 aliphatic rings. The number of hydrogen-bond donors (Lipinski definition) is 0. The lowest BCUT2D eigenvalue weighted by molar-refractivity contribution is -0.384. The summed E-state index contributed by atoms with van der Waals surface area (Å²) in [5.74, 6) is 0. The van der Waals surface area contributed by atoms with Gasteiger partial charge in [0, 0.05) is 25.2 Å². The summed E-state index contributed by atoms with van der Waals surface area (Å²) in [6.45, 7) is 1.52. The first-order valence-corrected chi connectivity index (χ1v) is 6.96. The summed E-state index contributed by atoms with van der Waals surface area (Å²) in [6, 6.07) is 6.67. The van der Waals surface area contributed by atoms with E-state index in [0.717, 1.165) is 25.1 Å². The maximum absolute atomic E-state index is 10.8. The molecule has 0 unspecified atom stereocenters. The molecule has 0 amide bonds. The number of nitriles is 1. The van der Waals surface area contributed by atoms with Gasteiger partial charge in [-0.2, -0.15) is 10.4 Å². The number of aromatic nitrogens is 3. The average Bonchev–Trinajstić information content (AvgIpc) is 3.09. The lowest BCUT2D eigenvalue weighted by Gasteiger charge is -2.34. The van der Waals surface area contributed by atoms with E-state index in [9.17, 15) is 15.4 Å². The van der Waals surface area contributed by atoms with Gasteiger partial charge in [0.2, 0.25) is 0 Å². The molecule has 1 aromatic heterocycles. The summed E-state index contributed by atoms with van der Waals surface area (Å²) in [5.41, 5.74) is 0.997. The first kappa shape index (κ1) is 14.0. The van der Waals surface area contributed by atoms with Gasteiger partial charge in [-0.3, -0.25) is 10.1 Å². The Morgan fingerprint density at radius 3 is 3.00 bits per heavy atom. The number of piperidine rings is 1. The molecule has 2 heterocycles. The monoisotopic (exact) mass is 298 g/mol. The van der Waals surface area contributed by atoms with Gasteiger partial charge in [0.15, 0.2) is 0 Å². The molecule has 112 valence electrons. The van der Waals surface area contributed by atoms with E-state index in [1.54, 1.807) is 12.4 Å². The molecule has 0 radical (unpaired) electrons. The number of nitro benzene ring substituents is 1. The normalized spacial score (nSPS) is 18.0. The molecular formula is C14H14N6O2. The highest BCUT2D eigenvalue weighted by Crippen LogP contribution is 2.30. The van der Waals surface area contributed by atoms with Gasteiger partial charge in [-0.15, -0.1) is 0 Å². The van der Waals surface area contributed by atoms with Crippen LogP contribution in [0.1, 0.15) is 24.4 Å². The van der Waals surface area contributed by atoms with Crippen molar-refractivity contribution < 1.29 is 4.92 Å². The maximum Gasteiger partial charge on any atom is 0.270 e. The molecule has 1 atom stereocenters. The first-order chi connectivity index (χ1) is 10.7. The number of anilines is 1. The SMILES string of the molecule is N#Cc1cc([N+](=O)[O-])ccc1N1CCC[C@H](n2cncn2)C1. The molecule has 3 rings (SSSR count). The van der Waals surface area contributed by atoms with E-state index in [1.165, 1.54) is 18.5 Å². The topological polar surface area (TPSA) is 101 Å². The van der Waals surface area contributed by atoms with Crippen molar-refractivity contribution >= 4 is 11.4 Å². The van der Waals surface area contributed by atoms with Crippen LogP contribution in [0, 0.1) is 21.4 Å². The highest BCUT2D eigenvalue weighted by molar-refractivity contribution is 5.63. The van der Waals surface area contributed by atoms with Gasteiger partial charge in [-0.05, 0) is 18.9 Å². The first-order valence-electron chi connectivity index (χ1n) is 6.96. The molecular weight excluding hydrogens is 284 g/mol. The van der Waals surface area contributed by atoms with Crippen LogP contribution in [0.2, 0.25) is 0 Å². The number of non-ortho nitro benzene ring substituents is 1. The summed E-state index contributed by atoms with van der Waals surface area (Å²) in [4.78, 5) is 16.4. The lowest BCUT2D eigenvalue weighted by Crippen LogP contribution is -2.37. The number of nitro groups is 1. The van der Waals surface area contributed by atoms with E-state index in [-0.39, 0.29) is 11.7 Å². The largest absolute Gasteiger partial charge is 0.368 e. The molecule has 2 aromatic rings. The molecule has 1 saturated heterocycles. The van der Waals surface area contributed by atoms with Gasteiger partial charge in [0.05, 0.1) is 22.2 Å². The summed E-state index contributed by atoms with van der Waals surface area (Å²) in [6.07, 6.45) is 5.15. The van der Waals surface area contributed by atoms with E-state index in [4.69, 9.17) is 0 Å². The zero-order chi connectivity index (χ0) is 15.5. The van der Waals surface area contributed by atoms with E-state index < -0.39 is 4.92 Å². The zero-order valence-electron chi connectivity index (χ0n) is 11.8. The molecule has 0 saturated carbocycles. The quantitative estimate of drug-likeness (QED) is 0.633. The Morgan fingerprint density at radius 2 is 2.32 bits per heavy atom. The fourth-order valence-corrected chi connectivity index (χ4v) is 2.80. The average molecular weight is 298 g/mol. The summed E-state index contributed by atoms with van der Waals surface area (Å²) in [5, 5.41) is 24.3. The molecule has 0 aliphatic carbocycles. The van der Waals surface area contributed by atoms with Crippen molar-refractivity contribution in [2.24, 2.45) is 0 Å². The predicted octanol–water partition coefficient (Wildman–Crippen LogP) is 1.90. The molecule has 8 heteroatoms. The predicted molar refractivity (Wildman–Crippen MR) is 78.3 cm³/mol. The summed E-state index contributed by atoms with van der Waals surface area (Å²) in [7, 11) is 0. The fourth-order valence-electron chi connectivity index (χ4n) is 2.80. The van der Waals surface area contributed by atoms with Crippen molar-refractivity contribution in [1.82, 2.24) is 14.8 Å². The van der Waals surface area contributed by atoms with Crippen molar-refractivity contribution in [2.45, 2.75) is 18.9 Å². The van der Waals surface area contributed by atoms with Crippen LogP contribution in [0.4, 0.5) is 11.4 Å². The van der Waals surface area contributed by atoms with Crippen LogP contribution in [0.5, 0.6) is 0 Å². The van der Waals surface area contributed by atoms with Crippen molar-refractivity contribution in [1.29, 1.82) is 5.26 Å². The summed E-state index contributed by atoms with van der Waals surface area (Å²) >= 11 is 0. The minimum Gasteiger partial charge on any atom is -0.368 e. The third-order valence-corrected chi connectivity index (χ3v) is 3.86. The van der Waals surface area contributed by atoms with Crippen LogP contribution < -0.4 is 4.90 Å². The van der Waals surface area contributed by atoms with Gasteiger partial charge in [-0.25, -0.2) is 9.67 Å². The van der Waals surface area contributed by atoms with Crippen LogP contribution in [0.3, 0.4) is 0 Å². The minimum absolute atomic E-state index is 0.0647. The van der Waals surface area contributed by atoms with Gasteiger partial charge in [0.1, 0.15) is 18.7 Å². The van der Waals surface area contributed by atoms with Gasteiger partial charge >= 0.3 is 0 Å². The van der Waals surface area contributed by atoms with Crippen molar-refractivity contribution in [3.05, 3.63) is 46.5 Å². The molecule has 1 aromatic carbocycles. The second-order valence-electron chi connectivity index (χ2n) is 5.19. The molecule has 1 fully saturated rings. The highest BCUT2D eigenvalue weighted by atomic mass is 16.6.